The highest BCUT2D eigenvalue weighted by molar-refractivity contribution is 8.00. The Hall–Kier alpha value is -2.49. The van der Waals surface area contributed by atoms with Crippen molar-refractivity contribution in [3.05, 3.63) is 70.5 Å². The number of anilines is 1. The minimum absolute atomic E-state index is 0.102. The van der Waals surface area contributed by atoms with Crippen LogP contribution < -0.4 is 5.32 Å². The minimum atomic E-state index is -0.306. The molecule has 10 heteroatoms. The monoisotopic (exact) mass is 490 g/mol. The van der Waals surface area contributed by atoms with Gasteiger partial charge in [-0.2, -0.15) is 0 Å². The van der Waals surface area contributed by atoms with Crippen molar-refractivity contribution in [2.45, 2.75) is 22.9 Å². The van der Waals surface area contributed by atoms with Gasteiger partial charge in [-0.05, 0) is 54.8 Å². The number of nitrogens with zero attached hydrogens (tertiary/aromatic N) is 3. The van der Waals surface area contributed by atoms with Crippen LogP contribution in [0.25, 0.3) is 0 Å². The van der Waals surface area contributed by atoms with Gasteiger partial charge in [-0.25, -0.2) is 4.39 Å². The average molecular weight is 491 g/mol. The van der Waals surface area contributed by atoms with Crippen LogP contribution in [0, 0.1) is 11.7 Å². The smallest absolute Gasteiger partial charge is 0.253 e. The van der Waals surface area contributed by atoms with E-state index in [9.17, 15) is 14.0 Å². The lowest BCUT2D eigenvalue weighted by molar-refractivity contribution is -0.121. The van der Waals surface area contributed by atoms with E-state index in [0.717, 1.165) is 12.0 Å². The lowest BCUT2D eigenvalue weighted by atomic mass is 9.96. The Bertz CT molecular complexity index is 1090. The van der Waals surface area contributed by atoms with Crippen molar-refractivity contribution in [2.75, 3.05) is 18.4 Å². The molecule has 1 aliphatic heterocycles. The summed E-state index contributed by atoms with van der Waals surface area (Å²) in [7, 11) is 0. The third-order valence-corrected chi connectivity index (χ3v) is 7.38. The molecule has 2 aromatic carbocycles. The van der Waals surface area contributed by atoms with E-state index in [-0.39, 0.29) is 23.5 Å². The molecule has 1 atom stereocenters. The normalized spacial score (nSPS) is 16.1. The topological polar surface area (TPSA) is 75.2 Å². The summed E-state index contributed by atoms with van der Waals surface area (Å²) in [5.41, 5.74) is 1.53. The van der Waals surface area contributed by atoms with Gasteiger partial charge in [-0.1, -0.05) is 46.8 Å². The molecule has 1 saturated heterocycles. The second-order valence-corrected chi connectivity index (χ2v) is 10.0. The average Bonchev–Trinajstić information content (AvgIpc) is 3.26. The third-order valence-electron chi connectivity index (χ3n) is 5.08. The minimum Gasteiger partial charge on any atom is -0.338 e. The predicted molar refractivity (Wildman–Crippen MR) is 125 cm³/mol. The van der Waals surface area contributed by atoms with Crippen LogP contribution in [0.3, 0.4) is 0 Å². The molecule has 1 N–H and O–H groups in total. The lowest BCUT2D eigenvalue weighted by Gasteiger charge is -2.32. The molecule has 6 nitrogen and oxygen atoms in total. The van der Waals surface area contributed by atoms with Crippen LogP contribution in [0.4, 0.5) is 9.52 Å². The Morgan fingerprint density at radius 1 is 1.16 bits per heavy atom. The van der Waals surface area contributed by atoms with Crippen molar-refractivity contribution < 1.29 is 14.0 Å². The maximum Gasteiger partial charge on any atom is 0.253 e. The van der Waals surface area contributed by atoms with Gasteiger partial charge < -0.3 is 10.2 Å². The highest BCUT2D eigenvalue weighted by Gasteiger charge is 2.29. The number of aromatic nitrogens is 2. The number of hydrogen-bond acceptors (Lipinski definition) is 6. The molecule has 1 aliphatic rings. The first-order valence-electron chi connectivity index (χ1n) is 10.0. The molecule has 0 spiro atoms. The van der Waals surface area contributed by atoms with Gasteiger partial charge in [-0.3, -0.25) is 9.59 Å². The molecule has 2 heterocycles. The lowest BCUT2D eigenvalue weighted by Crippen LogP contribution is -2.43. The Labute approximate surface area is 198 Å². The fourth-order valence-corrected chi connectivity index (χ4v) is 5.24. The van der Waals surface area contributed by atoms with E-state index >= 15 is 0 Å². The van der Waals surface area contributed by atoms with Crippen LogP contribution in [0.2, 0.25) is 5.02 Å². The highest BCUT2D eigenvalue weighted by Crippen LogP contribution is 2.29. The Morgan fingerprint density at radius 2 is 1.91 bits per heavy atom. The molecule has 0 radical (unpaired) electrons. The fourth-order valence-electron chi connectivity index (χ4n) is 3.40. The number of likely N-dealkylation sites (tertiary alicyclic amines) is 1. The van der Waals surface area contributed by atoms with Crippen LogP contribution in [0.5, 0.6) is 0 Å². The first-order valence-corrected chi connectivity index (χ1v) is 12.2. The van der Waals surface area contributed by atoms with E-state index in [0.29, 0.717) is 45.3 Å². The molecule has 0 bridgehead atoms. The van der Waals surface area contributed by atoms with Gasteiger partial charge in [-0.15, -0.1) is 10.2 Å². The van der Waals surface area contributed by atoms with Crippen molar-refractivity contribution in [1.82, 2.24) is 15.1 Å². The molecule has 1 aromatic heterocycles. The summed E-state index contributed by atoms with van der Waals surface area (Å²) in [6.45, 7) is 0.979. The molecule has 0 aliphatic carbocycles. The molecule has 0 saturated carbocycles. The molecular formula is C22H20ClFN4O2S2. The van der Waals surface area contributed by atoms with Crippen molar-refractivity contribution in [1.29, 1.82) is 0 Å². The van der Waals surface area contributed by atoms with Gasteiger partial charge >= 0.3 is 0 Å². The first kappa shape index (κ1) is 22.7. The van der Waals surface area contributed by atoms with Gasteiger partial charge in [0.1, 0.15) is 5.82 Å². The van der Waals surface area contributed by atoms with E-state index in [4.69, 9.17) is 11.6 Å². The molecular weight excluding hydrogens is 471 g/mol. The Balaban J connectivity index is 1.31. The van der Waals surface area contributed by atoms with Crippen LogP contribution in [0.15, 0.2) is 52.9 Å². The van der Waals surface area contributed by atoms with Crippen LogP contribution >= 0.6 is 34.7 Å². The zero-order valence-electron chi connectivity index (χ0n) is 17.0. The van der Waals surface area contributed by atoms with Gasteiger partial charge in [0.25, 0.3) is 5.91 Å². The van der Waals surface area contributed by atoms with Crippen LogP contribution in [0.1, 0.15) is 28.8 Å². The summed E-state index contributed by atoms with van der Waals surface area (Å²) in [5.74, 6) is -0.206. The number of benzene rings is 2. The third kappa shape index (κ3) is 5.85. The standard InChI is InChI=1S/C22H20ClFN4O2S2/c23-17-7-5-15(6-8-17)20(30)28-11-1-2-16(12-28)19(29)25-21-26-27-22(32-21)31-13-14-3-9-18(24)10-4-14/h3-10,16H,1-2,11-13H2,(H,25,26,29)/t16-/m0/s1. The van der Waals surface area contributed by atoms with E-state index in [1.54, 1.807) is 41.3 Å². The number of hydrogen-bond donors (Lipinski definition) is 1. The highest BCUT2D eigenvalue weighted by atomic mass is 35.5. The summed E-state index contributed by atoms with van der Waals surface area (Å²) in [5, 5.41) is 12.0. The molecule has 4 rings (SSSR count). The number of thioether (sulfide) groups is 1. The molecule has 1 fully saturated rings. The first-order chi connectivity index (χ1) is 15.5. The number of amides is 2. The van der Waals surface area contributed by atoms with Gasteiger partial charge in [0.05, 0.1) is 5.92 Å². The van der Waals surface area contributed by atoms with Crippen molar-refractivity contribution in [3.8, 4) is 0 Å². The zero-order valence-corrected chi connectivity index (χ0v) is 19.4. The van der Waals surface area contributed by atoms with E-state index in [2.05, 4.69) is 15.5 Å². The summed E-state index contributed by atoms with van der Waals surface area (Å²) < 4.78 is 13.7. The van der Waals surface area contributed by atoms with Crippen LogP contribution in [-0.2, 0) is 10.5 Å². The number of halogens is 2. The predicted octanol–water partition coefficient (Wildman–Crippen LogP) is 5.11. The molecule has 32 heavy (non-hydrogen) atoms. The van der Waals surface area contributed by atoms with E-state index in [1.165, 1.54) is 35.2 Å². The molecule has 3 aromatic rings. The number of nitrogens with one attached hydrogen (secondary N) is 1. The van der Waals surface area contributed by atoms with Crippen LogP contribution in [-0.4, -0.2) is 40.0 Å². The maximum atomic E-state index is 13.0. The summed E-state index contributed by atoms with van der Waals surface area (Å²) in [4.78, 5) is 27.2. The summed E-state index contributed by atoms with van der Waals surface area (Å²) >= 11 is 8.67. The molecule has 166 valence electrons. The quantitative estimate of drug-likeness (QED) is 0.383. The Kier molecular flexibility index (Phi) is 7.39. The molecule has 0 unspecified atom stereocenters. The van der Waals surface area contributed by atoms with Gasteiger partial charge in [0.2, 0.25) is 11.0 Å². The maximum absolute atomic E-state index is 13.0. The number of piperidine rings is 1. The number of carbonyl (C=O) groups is 2. The SMILES string of the molecule is O=C(Nc1nnc(SCc2ccc(F)cc2)s1)[C@H]1CCCN(C(=O)c2ccc(Cl)cc2)C1. The number of carbonyl (C=O) groups excluding carboxylic acids is 2. The number of rotatable bonds is 6. The zero-order chi connectivity index (χ0) is 22.5. The summed E-state index contributed by atoms with van der Waals surface area (Å²) in [6, 6.07) is 13.1. The second-order valence-electron chi connectivity index (χ2n) is 7.37. The van der Waals surface area contributed by atoms with Crippen molar-refractivity contribution >= 4 is 51.6 Å². The second kappa shape index (κ2) is 10.4. The van der Waals surface area contributed by atoms with E-state index < -0.39 is 0 Å². The van der Waals surface area contributed by atoms with Gasteiger partial charge in [0, 0.05) is 29.4 Å². The largest absolute Gasteiger partial charge is 0.338 e. The van der Waals surface area contributed by atoms with Crippen molar-refractivity contribution in [3.63, 3.8) is 0 Å². The molecule has 2 amide bonds. The fraction of sp³-hybridized carbons (Fsp3) is 0.273. The van der Waals surface area contributed by atoms with E-state index in [1.807, 2.05) is 0 Å². The van der Waals surface area contributed by atoms with Gasteiger partial charge in [0.15, 0.2) is 4.34 Å². The van der Waals surface area contributed by atoms with Crippen molar-refractivity contribution in [2.24, 2.45) is 5.92 Å². The summed E-state index contributed by atoms with van der Waals surface area (Å²) in [6.07, 6.45) is 1.47. The Morgan fingerprint density at radius 3 is 2.66 bits per heavy atom.